The number of rotatable bonds is 6. The van der Waals surface area contributed by atoms with Gasteiger partial charge in [0.05, 0.1) is 6.21 Å². The second-order valence-corrected chi connectivity index (χ2v) is 4.82. The first kappa shape index (κ1) is 18.1. The maximum atomic E-state index is 12.1. The monoisotopic (exact) mass is 352 g/mol. The van der Waals surface area contributed by atoms with Gasteiger partial charge in [-0.3, -0.25) is 0 Å². The van der Waals surface area contributed by atoms with Crippen LogP contribution in [0.2, 0.25) is 0 Å². The van der Waals surface area contributed by atoms with E-state index in [1.807, 2.05) is 12.1 Å². The number of benzene rings is 2. The van der Waals surface area contributed by atoms with Crippen molar-refractivity contribution in [2.75, 3.05) is 0 Å². The Hall–Kier alpha value is -3.23. The molecule has 0 spiro atoms. The van der Waals surface area contributed by atoms with Gasteiger partial charge in [0.1, 0.15) is 18.1 Å². The summed E-state index contributed by atoms with van der Waals surface area (Å²) in [6.45, 7) is 0.226. The molecule has 9 heteroatoms. The Balaban J connectivity index is 1.95. The molecule has 0 heterocycles. The Kier molecular flexibility index (Phi) is 5.83. The molecular weight excluding hydrogens is 337 g/mol. The van der Waals surface area contributed by atoms with Gasteiger partial charge in [-0.05, 0) is 41.5 Å². The van der Waals surface area contributed by atoms with Crippen LogP contribution in [0.15, 0.2) is 58.7 Å². The lowest BCUT2D eigenvalue weighted by molar-refractivity contribution is -0.274. The molecule has 0 aromatic heterocycles. The summed E-state index contributed by atoms with van der Waals surface area (Å²) in [6, 6.07) is 12.4. The number of nitrogens with zero attached hydrogens (tertiary/aromatic N) is 2. The molecule has 0 aliphatic carbocycles. The Morgan fingerprint density at radius 3 is 2.36 bits per heavy atom. The van der Waals surface area contributed by atoms with Crippen LogP contribution in [0.1, 0.15) is 11.1 Å². The molecule has 0 amide bonds. The topological polar surface area (TPSA) is 95.2 Å². The summed E-state index contributed by atoms with van der Waals surface area (Å²) in [5.74, 6) is -0.0411. The van der Waals surface area contributed by atoms with Crippen LogP contribution in [0, 0.1) is 0 Å². The van der Waals surface area contributed by atoms with Crippen molar-refractivity contribution >= 4 is 12.2 Å². The van der Waals surface area contributed by atoms with Crippen molar-refractivity contribution in [1.29, 1.82) is 0 Å². The van der Waals surface area contributed by atoms with Crippen molar-refractivity contribution in [1.82, 2.24) is 0 Å². The second-order valence-electron chi connectivity index (χ2n) is 4.82. The van der Waals surface area contributed by atoms with Gasteiger partial charge < -0.3 is 20.9 Å². The number of nitrogens with two attached hydrogens (primary N) is 2. The zero-order valence-electron chi connectivity index (χ0n) is 12.9. The summed E-state index contributed by atoms with van der Waals surface area (Å²) < 4.78 is 45.6. The average molecular weight is 352 g/mol. The van der Waals surface area contributed by atoms with Gasteiger partial charge in [0.2, 0.25) is 5.96 Å². The van der Waals surface area contributed by atoms with E-state index in [0.717, 1.165) is 11.1 Å². The third-order valence-electron chi connectivity index (χ3n) is 2.79. The molecule has 0 fully saturated rings. The third-order valence-corrected chi connectivity index (χ3v) is 2.79. The summed E-state index contributed by atoms with van der Waals surface area (Å²) in [4.78, 5) is 0. The maximum absolute atomic E-state index is 12.1. The van der Waals surface area contributed by atoms with Crippen LogP contribution in [0.4, 0.5) is 13.2 Å². The summed E-state index contributed by atoms with van der Waals surface area (Å²) in [7, 11) is 0. The highest BCUT2D eigenvalue weighted by Gasteiger charge is 2.30. The van der Waals surface area contributed by atoms with E-state index in [2.05, 4.69) is 14.9 Å². The number of halogens is 3. The quantitative estimate of drug-likeness (QED) is 0.475. The smallest absolute Gasteiger partial charge is 0.489 e. The van der Waals surface area contributed by atoms with Crippen LogP contribution >= 0.6 is 0 Å². The molecule has 6 nitrogen and oxygen atoms in total. The molecule has 0 saturated carbocycles. The molecule has 2 rings (SSSR count). The zero-order chi connectivity index (χ0) is 18.3. The van der Waals surface area contributed by atoms with Gasteiger partial charge in [-0.1, -0.05) is 18.2 Å². The van der Waals surface area contributed by atoms with Crippen LogP contribution in [-0.2, 0) is 6.61 Å². The molecule has 25 heavy (non-hydrogen) atoms. The normalized spacial score (nSPS) is 11.3. The van der Waals surface area contributed by atoms with Crippen molar-refractivity contribution in [3.05, 3.63) is 59.7 Å². The van der Waals surface area contributed by atoms with Crippen LogP contribution in [0.25, 0.3) is 0 Å². The molecule has 0 aliphatic rings. The van der Waals surface area contributed by atoms with Crippen molar-refractivity contribution in [2.45, 2.75) is 13.0 Å². The number of hydrogen-bond donors (Lipinski definition) is 2. The number of ether oxygens (including phenoxy) is 2. The van der Waals surface area contributed by atoms with Crippen molar-refractivity contribution < 1.29 is 22.6 Å². The lowest BCUT2D eigenvalue weighted by atomic mass is 10.1. The lowest BCUT2D eigenvalue weighted by Gasteiger charge is -2.10. The maximum Gasteiger partial charge on any atom is 0.573 e. The highest BCUT2D eigenvalue weighted by atomic mass is 19.4. The zero-order valence-corrected chi connectivity index (χ0v) is 12.9. The van der Waals surface area contributed by atoms with E-state index in [1.165, 1.54) is 30.5 Å². The van der Waals surface area contributed by atoms with E-state index in [4.69, 9.17) is 16.2 Å². The summed E-state index contributed by atoms with van der Waals surface area (Å²) in [5.41, 5.74) is 11.9. The highest BCUT2D eigenvalue weighted by molar-refractivity contribution is 5.81. The minimum absolute atomic E-state index is 0.145. The van der Waals surface area contributed by atoms with Crippen molar-refractivity contribution in [3.8, 4) is 11.5 Å². The van der Waals surface area contributed by atoms with E-state index in [-0.39, 0.29) is 18.3 Å². The van der Waals surface area contributed by atoms with E-state index < -0.39 is 6.36 Å². The molecule has 0 unspecified atom stereocenters. The van der Waals surface area contributed by atoms with Gasteiger partial charge in [-0.2, -0.15) is 5.10 Å². The van der Waals surface area contributed by atoms with Gasteiger partial charge in [0, 0.05) is 0 Å². The molecule has 2 aromatic carbocycles. The fraction of sp³-hybridized carbons (Fsp3) is 0.125. The summed E-state index contributed by atoms with van der Waals surface area (Å²) in [6.07, 6.45) is -3.24. The fourth-order valence-electron chi connectivity index (χ4n) is 1.83. The first-order valence-electron chi connectivity index (χ1n) is 7.01. The predicted octanol–water partition coefficient (Wildman–Crippen LogP) is 2.77. The fourth-order valence-corrected chi connectivity index (χ4v) is 1.83. The molecule has 0 radical (unpaired) electrons. The minimum Gasteiger partial charge on any atom is -0.489 e. The second kappa shape index (κ2) is 8.04. The first-order chi connectivity index (χ1) is 11.8. The van der Waals surface area contributed by atoms with E-state index in [0.29, 0.717) is 5.75 Å². The van der Waals surface area contributed by atoms with Crippen LogP contribution < -0.4 is 20.9 Å². The van der Waals surface area contributed by atoms with Gasteiger partial charge in [-0.15, -0.1) is 18.3 Å². The van der Waals surface area contributed by atoms with E-state index in [9.17, 15) is 13.2 Å². The molecular formula is C16H15F3N4O2. The highest BCUT2D eigenvalue weighted by Crippen LogP contribution is 2.25. The molecule has 132 valence electrons. The molecule has 2 aromatic rings. The van der Waals surface area contributed by atoms with Crippen molar-refractivity contribution in [3.63, 3.8) is 0 Å². The van der Waals surface area contributed by atoms with E-state index in [1.54, 1.807) is 12.1 Å². The first-order valence-corrected chi connectivity index (χ1v) is 7.01. The van der Waals surface area contributed by atoms with Gasteiger partial charge in [0.25, 0.3) is 0 Å². The number of hydrogen-bond acceptors (Lipinski definition) is 4. The predicted molar refractivity (Wildman–Crippen MR) is 87.3 cm³/mol. The molecule has 0 atom stereocenters. The average Bonchev–Trinajstić information content (AvgIpc) is 2.53. The van der Waals surface area contributed by atoms with Crippen molar-refractivity contribution in [2.24, 2.45) is 21.7 Å². The lowest BCUT2D eigenvalue weighted by Crippen LogP contribution is -2.21. The Morgan fingerprint density at radius 1 is 1.04 bits per heavy atom. The Bertz CT molecular complexity index is 755. The van der Waals surface area contributed by atoms with Gasteiger partial charge in [-0.25, -0.2) is 0 Å². The SMILES string of the molecule is NC(N)=NN=Cc1cccc(COc2ccc(OC(F)(F)F)cc2)c1. The Labute approximate surface area is 141 Å². The van der Waals surface area contributed by atoms with Gasteiger partial charge >= 0.3 is 6.36 Å². The van der Waals surface area contributed by atoms with Crippen LogP contribution in [0.5, 0.6) is 11.5 Å². The third kappa shape index (κ3) is 6.81. The molecule has 0 saturated heterocycles. The number of guanidine groups is 1. The summed E-state index contributed by atoms with van der Waals surface area (Å²) >= 11 is 0. The van der Waals surface area contributed by atoms with E-state index >= 15 is 0 Å². The molecule has 4 N–H and O–H groups in total. The molecule has 0 aliphatic heterocycles. The molecule has 0 bridgehead atoms. The Morgan fingerprint density at radius 2 is 1.72 bits per heavy atom. The van der Waals surface area contributed by atoms with Crippen LogP contribution in [-0.4, -0.2) is 18.5 Å². The minimum atomic E-state index is -4.72. The standard InChI is InChI=1S/C16H15F3N4O2/c17-16(18,19)25-14-6-4-13(5-7-14)24-10-12-3-1-2-11(8-12)9-22-23-15(20)21/h1-9H,10H2,(H4,20,21,23). The largest absolute Gasteiger partial charge is 0.573 e. The van der Waals surface area contributed by atoms with Crippen LogP contribution in [0.3, 0.4) is 0 Å². The van der Waals surface area contributed by atoms with Gasteiger partial charge in [0.15, 0.2) is 0 Å². The number of alkyl halides is 3. The summed E-state index contributed by atoms with van der Waals surface area (Å²) in [5, 5.41) is 7.20.